The molecule has 156 valence electrons. The number of hydrogen-bond acceptors (Lipinski definition) is 5. The Bertz CT molecular complexity index is 1050. The monoisotopic (exact) mass is 415 g/mol. The number of carbonyl (C=O) groups excluding carboxylic acids is 3. The molecule has 0 aliphatic rings. The fourth-order valence-corrected chi connectivity index (χ4v) is 2.58. The van der Waals surface area contributed by atoms with Crippen LogP contribution in [0.2, 0.25) is 0 Å². The number of carbonyl (C=O) groups is 3. The first-order chi connectivity index (χ1) is 15.1. The normalized spacial score (nSPS) is 10.5. The summed E-state index contributed by atoms with van der Waals surface area (Å²) in [7, 11) is 0. The van der Waals surface area contributed by atoms with Gasteiger partial charge >= 0.3 is 6.03 Å². The standard InChI is InChI=1S/C23H21N5O3/c29-21(11-10-19-5-1-2-13-25-19)17-6-8-20(9-7-17)28-23(31)27-15-14-26-22(30)18-4-3-12-24-16-18/h1-13,16H,14-15H2,(H,26,30)(H2,27,28,31). The van der Waals surface area contributed by atoms with E-state index in [0.29, 0.717) is 22.5 Å². The Morgan fingerprint density at radius 1 is 0.839 bits per heavy atom. The van der Waals surface area contributed by atoms with Crippen molar-refractivity contribution in [3.05, 3.63) is 96.1 Å². The van der Waals surface area contributed by atoms with E-state index in [1.807, 2.05) is 6.07 Å². The summed E-state index contributed by atoms with van der Waals surface area (Å²) in [4.78, 5) is 44.1. The third kappa shape index (κ3) is 6.90. The predicted octanol–water partition coefficient (Wildman–Crippen LogP) is 2.92. The molecule has 3 rings (SSSR count). The highest BCUT2D eigenvalue weighted by atomic mass is 16.2. The number of benzene rings is 1. The van der Waals surface area contributed by atoms with E-state index in [4.69, 9.17) is 0 Å². The molecule has 0 aliphatic carbocycles. The molecular formula is C23H21N5O3. The number of amides is 3. The zero-order valence-electron chi connectivity index (χ0n) is 16.6. The number of nitrogens with one attached hydrogen (secondary N) is 3. The van der Waals surface area contributed by atoms with E-state index in [1.165, 1.54) is 12.3 Å². The molecule has 0 saturated carbocycles. The minimum atomic E-state index is -0.412. The van der Waals surface area contributed by atoms with Gasteiger partial charge in [-0.25, -0.2) is 4.79 Å². The van der Waals surface area contributed by atoms with Crippen molar-refractivity contribution >= 4 is 29.5 Å². The number of nitrogens with zero attached hydrogens (tertiary/aromatic N) is 2. The SMILES string of the molecule is O=C(NCCNC(=O)c1cccnc1)Nc1ccc(C(=O)C=Cc2ccccn2)cc1. The number of aromatic nitrogens is 2. The van der Waals surface area contributed by atoms with E-state index in [1.54, 1.807) is 67.0 Å². The number of ketones is 1. The first-order valence-electron chi connectivity index (χ1n) is 9.58. The summed E-state index contributed by atoms with van der Waals surface area (Å²) in [5, 5.41) is 8.01. The lowest BCUT2D eigenvalue weighted by atomic mass is 10.1. The summed E-state index contributed by atoms with van der Waals surface area (Å²) in [6.07, 6.45) is 7.82. The number of pyridine rings is 2. The Hall–Kier alpha value is -4.33. The lowest BCUT2D eigenvalue weighted by Gasteiger charge is -2.09. The molecule has 3 amide bonds. The van der Waals surface area contributed by atoms with Crippen LogP contribution in [0.4, 0.5) is 10.5 Å². The van der Waals surface area contributed by atoms with E-state index in [2.05, 4.69) is 25.9 Å². The molecule has 0 fully saturated rings. The van der Waals surface area contributed by atoms with Gasteiger partial charge in [-0.15, -0.1) is 0 Å². The molecule has 3 N–H and O–H groups in total. The molecule has 31 heavy (non-hydrogen) atoms. The molecule has 0 aliphatic heterocycles. The van der Waals surface area contributed by atoms with E-state index < -0.39 is 6.03 Å². The first-order valence-corrected chi connectivity index (χ1v) is 9.58. The van der Waals surface area contributed by atoms with Gasteiger partial charge in [0.2, 0.25) is 0 Å². The van der Waals surface area contributed by atoms with Gasteiger partial charge in [-0.2, -0.15) is 0 Å². The fraction of sp³-hybridized carbons (Fsp3) is 0.0870. The van der Waals surface area contributed by atoms with Gasteiger partial charge in [0.25, 0.3) is 5.91 Å². The smallest absolute Gasteiger partial charge is 0.319 e. The predicted molar refractivity (Wildman–Crippen MR) is 118 cm³/mol. The molecule has 3 aromatic rings. The Balaban J connectivity index is 1.41. The van der Waals surface area contributed by atoms with Gasteiger partial charge < -0.3 is 16.0 Å². The molecule has 2 heterocycles. The Kier molecular flexibility index (Phi) is 7.59. The van der Waals surface area contributed by atoms with Crippen LogP contribution >= 0.6 is 0 Å². The lowest BCUT2D eigenvalue weighted by Crippen LogP contribution is -2.36. The zero-order valence-corrected chi connectivity index (χ0v) is 16.6. The minimum absolute atomic E-state index is 0.161. The van der Waals surface area contributed by atoms with Gasteiger partial charge in [-0.05, 0) is 60.7 Å². The second-order valence-electron chi connectivity index (χ2n) is 6.41. The largest absolute Gasteiger partial charge is 0.350 e. The van der Waals surface area contributed by atoms with Crippen molar-refractivity contribution in [3.8, 4) is 0 Å². The van der Waals surface area contributed by atoms with Crippen LogP contribution in [0, 0.1) is 0 Å². The summed E-state index contributed by atoms with van der Waals surface area (Å²) in [6.45, 7) is 0.532. The molecule has 8 nitrogen and oxygen atoms in total. The highest BCUT2D eigenvalue weighted by Gasteiger charge is 2.06. The zero-order chi connectivity index (χ0) is 21.9. The Morgan fingerprint density at radius 3 is 2.35 bits per heavy atom. The molecule has 0 atom stereocenters. The average molecular weight is 415 g/mol. The maximum absolute atomic E-state index is 12.2. The van der Waals surface area contributed by atoms with Crippen LogP contribution in [-0.4, -0.2) is 40.8 Å². The van der Waals surface area contributed by atoms with Gasteiger partial charge in [-0.3, -0.25) is 19.6 Å². The van der Waals surface area contributed by atoms with Crippen molar-refractivity contribution in [2.75, 3.05) is 18.4 Å². The third-order valence-corrected chi connectivity index (χ3v) is 4.14. The molecule has 0 bridgehead atoms. The number of urea groups is 1. The maximum atomic E-state index is 12.2. The summed E-state index contributed by atoms with van der Waals surface area (Å²) >= 11 is 0. The van der Waals surface area contributed by atoms with Gasteiger partial charge in [0.15, 0.2) is 5.78 Å². The quantitative estimate of drug-likeness (QED) is 0.297. The second kappa shape index (κ2) is 11.0. The van der Waals surface area contributed by atoms with Gasteiger partial charge in [0.1, 0.15) is 0 Å². The molecule has 0 saturated heterocycles. The van der Waals surface area contributed by atoms with Crippen LogP contribution in [0.5, 0.6) is 0 Å². The van der Waals surface area contributed by atoms with Crippen molar-refractivity contribution in [3.63, 3.8) is 0 Å². The van der Waals surface area contributed by atoms with Crippen molar-refractivity contribution in [1.82, 2.24) is 20.6 Å². The summed E-state index contributed by atoms with van der Waals surface area (Å²) < 4.78 is 0. The van der Waals surface area contributed by atoms with Crippen LogP contribution in [0.1, 0.15) is 26.4 Å². The van der Waals surface area contributed by atoms with Crippen molar-refractivity contribution in [2.24, 2.45) is 0 Å². The van der Waals surface area contributed by atoms with Gasteiger partial charge in [-0.1, -0.05) is 6.07 Å². The topological polar surface area (TPSA) is 113 Å². The van der Waals surface area contributed by atoms with Gasteiger partial charge in [0.05, 0.1) is 11.3 Å². The molecule has 0 unspecified atom stereocenters. The van der Waals surface area contributed by atoms with Crippen LogP contribution in [0.3, 0.4) is 0 Å². The van der Waals surface area contributed by atoms with E-state index >= 15 is 0 Å². The molecule has 2 aromatic heterocycles. The van der Waals surface area contributed by atoms with E-state index in [9.17, 15) is 14.4 Å². The van der Waals surface area contributed by atoms with Crippen LogP contribution < -0.4 is 16.0 Å². The van der Waals surface area contributed by atoms with Gasteiger partial charge in [0, 0.05) is 42.9 Å². The minimum Gasteiger partial charge on any atom is -0.350 e. The Labute approximate surface area is 179 Å². The number of rotatable bonds is 8. The first kappa shape index (κ1) is 21.4. The second-order valence-corrected chi connectivity index (χ2v) is 6.41. The molecule has 0 radical (unpaired) electrons. The van der Waals surface area contributed by atoms with Crippen LogP contribution in [0.25, 0.3) is 6.08 Å². The highest BCUT2D eigenvalue weighted by Crippen LogP contribution is 2.11. The van der Waals surface area contributed by atoms with E-state index in [0.717, 1.165) is 0 Å². The molecular weight excluding hydrogens is 394 g/mol. The Morgan fingerprint density at radius 2 is 1.65 bits per heavy atom. The van der Waals surface area contributed by atoms with E-state index in [-0.39, 0.29) is 24.8 Å². The average Bonchev–Trinajstić information content (AvgIpc) is 2.82. The maximum Gasteiger partial charge on any atom is 0.319 e. The third-order valence-electron chi connectivity index (χ3n) is 4.14. The summed E-state index contributed by atoms with van der Waals surface area (Å²) in [5.41, 5.74) is 2.19. The molecule has 0 spiro atoms. The summed E-state index contributed by atoms with van der Waals surface area (Å²) in [5.74, 6) is -0.418. The molecule has 1 aromatic carbocycles. The van der Waals surface area contributed by atoms with Crippen LogP contribution in [0.15, 0.2) is 79.3 Å². The highest BCUT2D eigenvalue weighted by molar-refractivity contribution is 6.07. The number of allylic oxidation sites excluding steroid dienone is 1. The van der Waals surface area contributed by atoms with Crippen LogP contribution in [-0.2, 0) is 0 Å². The fourth-order valence-electron chi connectivity index (χ4n) is 2.58. The summed E-state index contributed by atoms with van der Waals surface area (Å²) in [6, 6.07) is 14.9. The lowest BCUT2D eigenvalue weighted by molar-refractivity contribution is 0.0953. The molecule has 8 heteroatoms. The number of anilines is 1. The van der Waals surface area contributed by atoms with Crippen molar-refractivity contribution in [2.45, 2.75) is 0 Å². The number of hydrogen-bond donors (Lipinski definition) is 3. The van der Waals surface area contributed by atoms with Crippen molar-refractivity contribution < 1.29 is 14.4 Å². The van der Waals surface area contributed by atoms with Crippen molar-refractivity contribution in [1.29, 1.82) is 0 Å².